The Balaban J connectivity index is 2.38. The van der Waals surface area contributed by atoms with Gasteiger partial charge in [0.05, 0.1) is 6.10 Å². The Morgan fingerprint density at radius 2 is 2.00 bits per heavy atom. The molecule has 3 nitrogen and oxygen atoms in total. The van der Waals surface area contributed by atoms with E-state index in [0.29, 0.717) is 5.41 Å². The molecule has 0 saturated carbocycles. The van der Waals surface area contributed by atoms with Crippen molar-refractivity contribution in [3.63, 3.8) is 0 Å². The molecular weight excluding hydrogens is 188 g/mol. The lowest BCUT2D eigenvalue weighted by Gasteiger charge is -2.37. The minimum Gasteiger partial charge on any atom is -0.393 e. The van der Waals surface area contributed by atoms with E-state index in [2.05, 4.69) is 24.1 Å². The molecule has 2 N–H and O–H groups in total. The monoisotopic (exact) mass is 214 g/mol. The second-order valence-corrected chi connectivity index (χ2v) is 5.20. The smallest absolute Gasteiger partial charge is 0.0564 e. The Morgan fingerprint density at radius 1 is 1.40 bits per heavy atom. The largest absolute Gasteiger partial charge is 0.393 e. The van der Waals surface area contributed by atoms with Crippen molar-refractivity contribution >= 4 is 0 Å². The van der Waals surface area contributed by atoms with Crippen molar-refractivity contribution in [2.45, 2.75) is 39.2 Å². The highest BCUT2D eigenvalue weighted by molar-refractivity contribution is 4.81. The molecule has 1 aliphatic rings. The summed E-state index contributed by atoms with van der Waals surface area (Å²) in [6.45, 7) is 8.94. The fourth-order valence-corrected chi connectivity index (χ4v) is 2.34. The molecule has 0 spiro atoms. The third-order valence-corrected chi connectivity index (χ3v) is 3.62. The molecule has 0 aliphatic carbocycles. The molecule has 3 heteroatoms. The van der Waals surface area contributed by atoms with Gasteiger partial charge in [0.15, 0.2) is 0 Å². The van der Waals surface area contributed by atoms with Gasteiger partial charge in [0.1, 0.15) is 0 Å². The van der Waals surface area contributed by atoms with Gasteiger partial charge in [0.2, 0.25) is 0 Å². The van der Waals surface area contributed by atoms with E-state index in [1.807, 2.05) is 7.05 Å². The molecule has 1 heterocycles. The predicted molar refractivity (Wildman–Crippen MR) is 64.0 cm³/mol. The Bertz CT molecular complexity index is 178. The second kappa shape index (κ2) is 5.83. The summed E-state index contributed by atoms with van der Waals surface area (Å²) in [4.78, 5) is 2.49. The first-order chi connectivity index (χ1) is 7.09. The Hall–Kier alpha value is -0.120. The predicted octanol–water partition coefficient (Wildman–Crippen LogP) is 1.08. The topological polar surface area (TPSA) is 35.5 Å². The third-order valence-electron chi connectivity index (χ3n) is 3.62. The van der Waals surface area contributed by atoms with Crippen LogP contribution in [0.4, 0.5) is 0 Å². The zero-order valence-electron chi connectivity index (χ0n) is 10.4. The average Bonchev–Trinajstić information content (AvgIpc) is 2.22. The summed E-state index contributed by atoms with van der Waals surface area (Å²) >= 11 is 0. The summed E-state index contributed by atoms with van der Waals surface area (Å²) in [5.41, 5.74) is 0.372. The van der Waals surface area contributed by atoms with Gasteiger partial charge in [-0.3, -0.25) is 0 Å². The summed E-state index contributed by atoms with van der Waals surface area (Å²) in [7, 11) is 2.02. The summed E-state index contributed by atoms with van der Waals surface area (Å²) < 4.78 is 0. The molecule has 0 aromatic carbocycles. The quantitative estimate of drug-likeness (QED) is 0.719. The van der Waals surface area contributed by atoms with Crippen LogP contribution < -0.4 is 5.32 Å². The molecule has 1 unspecified atom stereocenters. The minimum atomic E-state index is -0.0570. The van der Waals surface area contributed by atoms with Gasteiger partial charge in [-0.05, 0) is 31.7 Å². The zero-order valence-corrected chi connectivity index (χ0v) is 10.4. The van der Waals surface area contributed by atoms with Gasteiger partial charge in [-0.1, -0.05) is 13.8 Å². The highest BCUT2D eigenvalue weighted by Crippen LogP contribution is 2.23. The van der Waals surface area contributed by atoms with E-state index in [9.17, 15) is 5.11 Å². The summed E-state index contributed by atoms with van der Waals surface area (Å²) in [5, 5.41) is 12.7. The number of aliphatic hydroxyl groups is 1. The standard InChI is InChI=1S/C12H26N2O/c1-4-12(2,9-13-3)10-14-7-5-11(15)6-8-14/h11,13,15H,4-10H2,1-3H3. The maximum absolute atomic E-state index is 9.45. The molecule has 15 heavy (non-hydrogen) atoms. The summed E-state index contributed by atoms with van der Waals surface area (Å²) in [6.07, 6.45) is 3.03. The maximum Gasteiger partial charge on any atom is 0.0564 e. The van der Waals surface area contributed by atoms with Crippen molar-refractivity contribution in [2.75, 3.05) is 33.2 Å². The number of piperidine rings is 1. The lowest BCUT2D eigenvalue weighted by Crippen LogP contribution is -2.45. The average molecular weight is 214 g/mol. The van der Waals surface area contributed by atoms with Crippen LogP contribution in [-0.2, 0) is 0 Å². The molecule has 1 rings (SSSR count). The Kier molecular flexibility index (Phi) is 5.03. The van der Waals surface area contributed by atoms with Gasteiger partial charge in [-0.15, -0.1) is 0 Å². The van der Waals surface area contributed by atoms with Crippen LogP contribution in [0.15, 0.2) is 0 Å². The number of aliphatic hydroxyl groups excluding tert-OH is 1. The Morgan fingerprint density at radius 3 is 2.47 bits per heavy atom. The van der Waals surface area contributed by atoms with Crippen LogP contribution in [0.5, 0.6) is 0 Å². The van der Waals surface area contributed by atoms with Crippen LogP contribution in [0.3, 0.4) is 0 Å². The molecule has 0 aromatic heterocycles. The first-order valence-electron chi connectivity index (χ1n) is 6.14. The van der Waals surface area contributed by atoms with Crippen LogP contribution in [0, 0.1) is 5.41 Å². The number of likely N-dealkylation sites (tertiary alicyclic amines) is 1. The molecule has 1 saturated heterocycles. The van der Waals surface area contributed by atoms with E-state index in [-0.39, 0.29) is 6.10 Å². The number of hydrogen-bond donors (Lipinski definition) is 2. The van der Waals surface area contributed by atoms with Crippen molar-refractivity contribution in [1.29, 1.82) is 0 Å². The number of rotatable bonds is 5. The van der Waals surface area contributed by atoms with Crippen LogP contribution in [0.2, 0.25) is 0 Å². The second-order valence-electron chi connectivity index (χ2n) is 5.20. The van der Waals surface area contributed by atoms with Gasteiger partial charge in [0, 0.05) is 26.2 Å². The Labute approximate surface area is 93.9 Å². The molecule has 1 fully saturated rings. The van der Waals surface area contributed by atoms with Crippen molar-refractivity contribution in [3.05, 3.63) is 0 Å². The van der Waals surface area contributed by atoms with E-state index in [4.69, 9.17) is 0 Å². The molecule has 0 bridgehead atoms. The first kappa shape index (κ1) is 12.9. The summed E-state index contributed by atoms with van der Waals surface area (Å²) in [5.74, 6) is 0. The molecule has 1 aliphatic heterocycles. The van der Waals surface area contributed by atoms with Crippen molar-refractivity contribution in [3.8, 4) is 0 Å². The number of hydrogen-bond acceptors (Lipinski definition) is 3. The van der Waals surface area contributed by atoms with Gasteiger partial charge < -0.3 is 15.3 Å². The fourth-order valence-electron chi connectivity index (χ4n) is 2.34. The van der Waals surface area contributed by atoms with Crippen LogP contribution in [-0.4, -0.2) is 49.3 Å². The minimum absolute atomic E-state index is 0.0570. The van der Waals surface area contributed by atoms with Crippen molar-refractivity contribution in [1.82, 2.24) is 10.2 Å². The van der Waals surface area contributed by atoms with Gasteiger partial charge in [-0.2, -0.15) is 0 Å². The lowest BCUT2D eigenvalue weighted by atomic mass is 9.86. The first-order valence-corrected chi connectivity index (χ1v) is 6.14. The van der Waals surface area contributed by atoms with Crippen LogP contribution in [0.25, 0.3) is 0 Å². The molecule has 1 atom stereocenters. The number of nitrogens with one attached hydrogen (secondary N) is 1. The molecule has 0 amide bonds. The molecule has 0 radical (unpaired) electrons. The van der Waals surface area contributed by atoms with E-state index >= 15 is 0 Å². The third kappa shape index (κ3) is 4.09. The maximum atomic E-state index is 9.45. The SMILES string of the molecule is CCC(C)(CNC)CN1CCC(O)CC1. The van der Waals surface area contributed by atoms with E-state index in [1.165, 1.54) is 6.42 Å². The van der Waals surface area contributed by atoms with Gasteiger partial charge in [0.25, 0.3) is 0 Å². The van der Waals surface area contributed by atoms with Crippen molar-refractivity contribution < 1.29 is 5.11 Å². The highest BCUT2D eigenvalue weighted by Gasteiger charge is 2.26. The van der Waals surface area contributed by atoms with E-state index < -0.39 is 0 Å². The fraction of sp³-hybridized carbons (Fsp3) is 1.00. The zero-order chi connectivity index (χ0) is 11.3. The van der Waals surface area contributed by atoms with E-state index in [0.717, 1.165) is 39.0 Å². The molecule has 0 aromatic rings. The normalized spacial score (nSPS) is 24.0. The lowest BCUT2D eigenvalue weighted by molar-refractivity contribution is 0.0590. The van der Waals surface area contributed by atoms with Crippen molar-refractivity contribution in [2.24, 2.45) is 5.41 Å². The van der Waals surface area contributed by atoms with Crippen LogP contribution in [0.1, 0.15) is 33.1 Å². The molecule has 90 valence electrons. The van der Waals surface area contributed by atoms with Crippen LogP contribution >= 0.6 is 0 Å². The highest BCUT2D eigenvalue weighted by atomic mass is 16.3. The summed E-state index contributed by atoms with van der Waals surface area (Å²) in [6, 6.07) is 0. The van der Waals surface area contributed by atoms with E-state index in [1.54, 1.807) is 0 Å². The van der Waals surface area contributed by atoms with Gasteiger partial charge >= 0.3 is 0 Å². The van der Waals surface area contributed by atoms with Gasteiger partial charge in [-0.25, -0.2) is 0 Å². The molecular formula is C12H26N2O. The number of nitrogens with zero attached hydrogens (tertiary/aromatic N) is 1.